The highest BCUT2D eigenvalue weighted by molar-refractivity contribution is 7.98. The number of rotatable bonds is 6. The van der Waals surface area contributed by atoms with Gasteiger partial charge in [-0.15, -0.1) is 10.2 Å². The Balaban J connectivity index is 1.44. The third kappa shape index (κ3) is 4.04. The largest absolute Gasteiger partial charge is 0.338 e. The van der Waals surface area contributed by atoms with E-state index < -0.39 is 0 Å². The Hall–Kier alpha value is -3.78. The zero-order valence-electron chi connectivity index (χ0n) is 17.1. The topological polar surface area (TPSA) is 69.6 Å². The van der Waals surface area contributed by atoms with Crippen molar-refractivity contribution in [1.82, 2.24) is 24.9 Å². The lowest BCUT2D eigenvalue weighted by molar-refractivity contribution is 0.391. The Kier molecular flexibility index (Phi) is 5.51. The third-order valence-corrected chi connectivity index (χ3v) is 5.84. The summed E-state index contributed by atoms with van der Waals surface area (Å²) in [5, 5.41) is 13.5. The van der Waals surface area contributed by atoms with Crippen molar-refractivity contribution in [2.75, 3.05) is 0 Å². The second kappa shape index (κ2) is 8.76. The first-order valence-corrected chi connectivity index (χ1v) is 11.0. The highest BCUT2D eigenvalue weighted by atomic mass is 32.2. The van der Waals surface area contributed by atoms with Crippen LogP contribution in [0.5, 0.6) is 0 Å². The Morgan fingerprint density at radius 2 is 1.66 bits per heavy atom. The van der Waals surface area contributed by atoms with Gasteiger partial charge in [-0.1, -0.05) is 59.4 Å². The molecule has 0 aliphatic heterocycles. The van der Waals surface area contributed by atoms with Crippen LogP contribution in [0.25, 0.3) is 28.5 Å². The van der Waals surface area contributed by atoms with Gasteiger partial charge in [0.05, 0.1) is 5.75 Å². The van der Waals surface area contributed by atoms with Crippen LogP contribution in [0.4, 0.5) is 4.39 Å². The van der Waals surface area contributed by atoms with Gasteiger partial charge in [-0.05, 0) is 48.9 Å². The van der Waals surface area contributed by atoms with Crippen LogP contribution >= 0.6 is 11.8 Å². The summed E-state index contributed by atoms with van der Waals surface area (Å²) in [7, 11) is 0. The maximum atomic E-state index is 13.4. The van der Waals surface area contributed by atoms with Crippen LogP contribution in [0.2, 0.25) is 0 Å². The molecule has 0 saturated heterocycles. The molecule has 0 N–H and O–H groups in total. The molecule has 0 atom stereocenters. The number of thioether (sulfide) groups is 1. The van der Waals surface area contributed by atoms with Crippen LogP contribution in [-0.4, -0.2) is 24.9 Å². The quantitative estimate of drug-likeness (QED) is 0.313. The maximum absolute atomic E-state index is 13.4. The highest BCUT2D eigenvalue weighted by Gasteiger charge is 2.18. The zero-order valence-corrected chi connectivity index (χ0v) is 18.0. The van der Waals surface area contributed by atoms with E-state index in [2.05, 4.69) is 20.3 Å². The molecule has 158 valence electrons. The van der Waals surface area contributed by atoms with Gasteiger partial charge in [0.25, 0.3) is 0 Å². The predicted octanol–water partition coefficient (Wildman–Crippen LogP) is 5.72. The Morgan fingerprint density at radius 3 is 2.44 bits per heavy atom. The van der Waals surface area contributed by atoms with E-state index in [-0.39, 0.29) is 5.82 Å². The average Bonchev–Trinajstić information content (AvgIpc) is 3.46. The number of hydrogen-bond acceptors (Lipinski definition) is 6. The lowest BCUT2D eigenvalue weighted by Gasteiger charge is -2.09. The van der Waals surface area contributed by atoms with Gasteiger partial charge in [-0.3, -0.25) is 4.57 Å². The predicted molar refractivity (Wildman–Crippen MR) is 121 cm³/mol. The molecular formula is C24H18FN5OS. The van der Waals surface area contributed by atoms with Crippen LogP contribution in [-0.2, 0) is 5.75 Å². The summed E-state index contributed by atoms with van der Waals surface area (Å²) >= 11 is 1.45. The molecule has 0 aliphatic rings. The van der Waals surface area contributed by atoms with Gasteiger partial charge in [0, 0.05) is 16.8 Å². The first-order valence-electron chi connectivity index (χ1n) is 9.97. The summed E-state index contributed by atoms with van der Waals surface area (Å²) in [6.07, 6.45) is 0. The lowest BCUT2D eigenvalue weighted by atomic mass is 10.1. The number of halogens is 1. The summed E-state index contributed by atoms with van der Waals surface area (Å²) in [4.78, 5) is 4.54. The molecule has 5 rings (SSSR count). The fourth-order valence-electron chi connectivity index (χ4n) is 3.33. The van der Waals surface area contributed by atoms with Crippen molar-refractivity contribution in [2.45, 2.75) is 17.8 Å². The van der Waals surface area contributed by atoms with E-state index in [4.69, 9.17) is 4.52 Å². The van der Waals surface area contributed by atoms with Crippen molar-refractivity contribution in [1.29, 1.82) is 0 Å². The molecule has 0 saturated carbocycles. The molecule has 0 amide bonds. The zero-order chi connectivity index (χ0) is 21.9. The highest BCUT2D eigenvalue weighted by Crippen LogP contribution is 2.30. The molecule has 0 aliphatic carbocycles. The minimum atomic E-state index is -0.296. The lowest BCUT2D eigenvalue weighted by Crippen LogP contribution is -1.99. The van der Waals surface area contributed by atoms with Gasteiger partial charge >= 0.3 is 0 Å². The normalized spacial score (nSPS) is 11.1. The van der Waals surface area contributed by atoms with Gasteiger partial charge in [0.2, 0.25) is 11.7 Å². The molecule has 8 heteroatoms. The summed E-state index contributed by atoms with van der Waals surface area (Å²) in [5.74, 6) is 1.84. The van der Waals surface area contributed by atoms with Gasteiger partial charge in [0.1, 0.15) is 5.82 Å². The maximum Gasteiger partial charge on any atom is 0.237 e. The summed E-state index contributed by atoms with van der Waals surface area (Å²) in [6, 6.07) is 23.9. The van der Waals surface area contributed by atoms with Crippen LogP contribution in [0.3, 0.4) is 0 Å². The smallest absolute Gasteiger partial charge is 0.237 e. The van der Waals surface area contributed by atoms with Crippen molar-refractivity contribution in [3.8, 4) is 28.5 Å². The SMILES string of the molecule is Cc1ccccc1-c1noc(CSc2nnc(-c3ccc(F)cc3)n2-c2ccccc2)n1. The fourth-order valence-corrected chi connectivity index (χ4v) is 4.12. The molecule has 2 aromatic heterocycles. The van der Waals surface area contributed by atoms with Crippen molar-refractivity contribution in [3.63, 3.8) is 0 Å². The van der Waals surface area contributed by atoms with Crippen molar-refractivity contribution in [3.05, 3.63) is 96.1 Å². The molecule has 0 radical (unpaired) electrons. The summed E-state index contributed by atoms with van der Waals surface area (Å²) < 4.78 is 20.8. The van der Waals surface area contributed by atoms with Crippen LogP contribution in [0.1, 0.15) is 11.5 Å². The molecule has 0 bridgehead atoms. The van der Waals surface area contributed by atoms with Crippen LogP contribution in [0.15, 0.2) is 88.5 Å². The fraction of sp³-hybridized carbons (Fsp3) is 0.0833. The molecule has 0 spiro atoms. The van der Waals surface area contributed by atoms with E-state index in [9.17, 15) is 4.39 Å². The molecule has 0 unspecified atom stereocenters. The summed E-state index contributed by atoms with van der Waals surface area (Å²) in [6.45, 7) is 2.01. The number of aryl methyl sites for hydroxylation is 1. The van der Waals surface area contributed by atoms with Crippen LogP contribution in [0, 0.1) is 12.7 Å². The number of para-hydroxylation sites is 1. The Labute approximate surface area is 188 Å². The molecule has 32 heavy (non-hydrogen) atoms. The average molecular weight is 444 g/mol. The number of benzene rings is 3. The van der Waals surface area contributed by atoms with Gasteiger partial charge in [-0.25, -0.2) is 4.39 Å². The Bertz CT molecular complexity index is 1350. The van der Waals surface area contributed by atoms with Crippen molar-refractivity contribution >= 4 is 11.8 Å². The van der Waals surface area contributed by atoms with E-state index in [1.165, 1.54) is 23.9 Å². The van der Waals surface area contributed by atoms with E-state index in [1.807, 2.05) is 66.1 Å². The van der Waals surface area contributed by atoms with Crippen LogP contribution < -0.4 is 0 Å². The monoisotopic (exact) mass is 443 g/mol. The van der Waals surface area contributed by atoms with Gasteiger partial charge < -0.3 is 4.52 Å². The first-order chi connectivity index (χ1) is 15.7. The minimum absolute atomic E-state index is 0.296. The molecular weight excluding hydrogens is 425 g/mol. The van der Waals surface area contributed by atoms with E-state index in [1.54, 1.807) is 12.1 Å². The van der Waals surface area contributed by atoms with Gasteiger partial charge in [-0.2, -0.15) is 4.98 Å². The second-order valence-electron chi connectivity index (χ2n) is 7.10. The number of nitrogens with zero attached hydrogens (tertiary/aromatic N) is 5. The summed E-state index contributed by atoms with van der Waals surface area (Å²) in [5.41, 5.74) is 3.71. The van der Waals surface area contributed by atoms with E-state index >= 15 is 0 Å². The number of hydrogen-bond donors (Lipinski definition) is 0. The third-order valence-electron chi connectivity index (χ3n) is 4.93. The molecule has 5 aromatic rings. The second-order valence-corrected chi connectivity index (χ2v) is 8.04. The van der Waals surface area contributed by atoms with Crippen molar-refractivity contribution < 1.29 is 8.91 Å². The van der Waals surface area contributed by atoms with Crippen molar-refractivity contribution in [2.24, 2.45) is 0 Å². The first kappa shape index (κ1) is 20.1. The standard InChI is InChI=1S/C24H18FN5OS/c1-16-7-5-6-10-20(16)22-26-21(31-29-22)15-32-24-28-27-23(17-11-13-18(25)14-12-17)30(24)19-8-3-2-4-9-19/h2-14H,15H2,1H3. The molecule has 3 aromatic carbocycles. The molecule has 0 fully saturated rings. The van der Waals surface area contributed by atoms with E-state index in [0.29, 0.717) is 28.4 Å². The minimum Gasteiger partial charge on any atom is -0.338 e. The number of aromatic nitrogens is 5. The Morgan fingerprint density at radius 1 is 0.906 bits per heavy atom. The van der Waals surface area contributed by atoms with Gasteiger partial charge in [0.15, 0.2) is 11.0 Å². The molecule has 6 nitrogen and oxygen atoms in total. The molecule has 2 heterocycles. The van der Waals surface area contributed by atoms with E-state index in [0.717, 1.165) is 22.4 Å².